The van der Waals surface area contributed by atoms with E-state index in [1.165, 1.54) is 0 Å². The smallest absolute Gasteiger partial charge is 0.0949 e. The minimum atomic E-state index is -0.169. The largest absolute Gasteiger partial charge is 0.382 e. The lowest BCUT2D eigenvalue weighted by Gasteiger charge is -2.15. The summed E-state index contributed by atoms with van der Waals surface area (Å²) < 4.78 is 12.4. The van der Waals surface area contributed by atoms with E-state index in [-0.39, 0.29) is 6.04 Å². The Kier molecular flexibility index (Phi) is 5.73. The average molecular weight is 275 g/mol. The van der Waals surface area contributed by atoms with Crippen LogP contribution in [0.5, 0.6) is 0 Å². The molecule has 1 heterocycles. The zero-order valence-electron chi connectivity index (χ0n) is 11.7. The van der Waals surface area contributed by atoms with E-state index in [4.69, 9.17) is 15.2 Å². The monoisotopic (exact) mass is 275 g/mol. The molecule has 0 radical (unpaired) electrons. The minimum absolute atomic E-state index is 0.169. The van der Waals surface area contributed by atoms with E-state index in [9.17, 15) is 0 Å². The van der Waals surface area contributed by atoms with Crippen molar-refractivity contribution in [1.82, 2.24) is 9.55 Å². The Balaban J connectivity index is 1.94. The van der Waals surface area contributed by atoms with Gasteiger partial charge in [0.05, 0.1) is 44.1 Å². The van der Waals surface area contributed by atoms with E-state index in [0.29, 0.717) is 19.8 Å². The van der Waals surface area contributed by atoms with Crippen molar-refractivity contribution in [3.05, 3.63) is 54.1 Å². The van der Waals surface area contributed by atoms with Crippen LogP contribution in [0, 0.1) is 0 Å². The number of hydrogen-bond acceptors (Lipinski definition) is 4. The van der Waals surface area contributed by atoms with Gasteiger partial charge in [0, 0.05) is 13.7 Å². The summed E-state index contributed by atoms with van der Waals surface area (Å²) in [6.07, 6.45) is 3.60. The molecule has 2 N–H and O–H groups in total. The number of imidazole rings is 1. The quantitative estimate of drug-likeness (QED) is 0.743. The van der Waals surface area contributed by atoms with Crippen LogP contribution in [0.25, 0.3) is 0 Å². The number of aromatic nitrogens is 2. The number of benzene rings is 1. The molecule has 0 fully saturated rings. The van der Waals surface area contributed by atoms with E-state index in [0.717, 1.165) is 17.8 Å². The van der Waals surface area contributed by atoms with Crippen molar-refractivity contribution in [2.45, 2.75) is 12.6 Å². The Morgan fingerprint density at radius 1 is 1.20 bits per heavy atom. The third-order valence-corrected chi connectivity index (χ3v) is 3.13. The summed E-state index contributed by atoms with van der Waals surface area (Å²) in [7, 11) is 1.66. The molecule has 0 saturated carbocycles. The van der Waals surface area contributed by atoms with Crippen LogP contribution in [-0.4, -0.2) is 36.5 Å². The molecular weight excluding hydrogens is 254 g/mol. The summed E-state index contributed by atoms with van der Waals surface area (Å²) in [6.45, 7) is 2.57. The lowest BCUT2D eigenvalue weighted by atomic mass is 10.1. The lowest BCUT2D eigenvalue weighted by Crippen LogP contribution is -2.18. The normalized spacial score (nSPS) is 12.5. The maximum Gasteiger partial charge on any atom is 0.0949 e. The van der Waals surface area contributed by atoms with Crippen molar-refractivity contribution in [2.75, 3.05) is 26.9 Å². The highest BCUT2D eigenvalue weighted by molar-refractivity contribution is 5.26. The van der Waals surface area contributed by atoms with Crippen molar-refractivity contribution < 1.29 is 9.47 Å². The predicted molar refractivity (Wildman–Crippen MR) is 77.4 cm³/mol. The predicted octanol–water partition coefficient (Wildman–Crippen LogP) is 1.59. The Morgan fingerprint density at radius 3 is 2.75 bits per heavy atom. The Labute approximate surface area is 119 Å². The van der Waals surface area contributed by atoms with Gasteiger partial charge in [0.25, 0.3) is 0 Å². The fraction of sp³-hybridized carbons (Fsp3) is 0.400. The topological polar surface area (TPSA) is 62.3 Å². The van der Waals surface area contributed by atoms with E-state index < -0.39 is 0 Å². The number of rotatable bonds is 8. The first kappa shape index (κ1) is 14.7. The maximum absolute atomic E-state index is 6.29. The third-order valence-electron chi connectivity index (χ3n) is 3.13. The molecule has 0 aliphatic rings. The Morgan fingerprint density at radius 2 is 2.00 bits per heavy atom. The fourth-order valence-corrected chi connectivity index (χ4v) is 2.02. The molecule has 0 aliphatic carbocycles. The second kappa shape index (κ2) is 7.79. The molecule has 5 heteroatoms. The van der Waals surface area contributed by atoms with Gasteiger partial charge in [-0.15, -0.1) is 0 Å². The number of nitrogens with zero attached hydrogens (tertiary/aromatic N) is 2. The van der Waals surface area contributed by atoms with Gasteiger partial charge >= 0.3 is 0 Å². The first-order chi connectivity index (χ1) is 9.83. The number of methoxy groups -OCH3 is 1. The van der Waals surface area contributed by atoms with Crippen molar-refractivity contribution >= 4 is 0 Å². The number of hydrogen-bond donors (Lipinski definition) is 1. The van der Waals surface area contributed by atoms with Crippen LogP contribution in [0.4, 0.5) is 0 Å². The molecule has 1 atom stereocenters. The van der Waals surface area contributed by atoms with Gasteiger partial charge in [0.1, 0.15) is 0 Å². The third kappa shape index (κ3) is 3.90. The maximum atomic E-state index is 6.29. The lowest BCUT2D eigenvalue weighted by molar-refractivity contribution is 0.0663. The van der Waals surface area contributed by atoms with Gasteiger partial charge in [0.2, 0.25) is 0 Å². The van der Waals surface area contributed by atoms with Gasteiger partial charge in [-0.3, -0.25) is 0 Å². The molecule has 0 aliphatic heterocycles. The molecule has 0 bridgehead atoms. The van der Waals surface area contributed by atoms with Gasteiger partial charge < -0.3 is 19.8 Å². The molecule has 2 aromatic rings. The van der Waals surface area contributed by atoms with Crippen LogP contribution >= 0.6 is 0 Å². The summed E-state index contributed by atoms with van der Waals surface area (Å²) in [5.74, 6) is 0. The summed E-state index contributed by atoms with van der Waals surface area (Å²) in [6, 6.07) is 9.84. The molecule has 1 aromatic heterocycles. The molecule has 0 amide bonds. The highest BCUT2D eigenvalue weighted by atomic mass is 16.5. The molecule has 5 nitrogen and oxygen atoms in total. The first-order valence-electron chi connectivity index (χ1n) is 6.70. The molecule has 1 aromatic carbocycles. The van der Waals surface area contributed by atoms with Crippen molar-refractivity contribution in [1.29, 1.82) is 0 Å². The Bertz CT molecular complexity index is 499. The fourth-order valence-electron chi connectivity index (χ4n) is 2.02. The minimum Gasteiger partial charge on any atom is -0.382 e. The first-order valence-corrected chi connectivity index (χ1v) is 6.70. The van der Waals surface area contributed by atoms with Crippen LogP contribution in [0.15, 0.2) is 42.9 Å². The van der Waals surface area contributed by atoms with E-state index >= 15 is 0 Å². The SMILES string of the molecule is COCCOCCn1cncc1C(N)c1ccccc1. The standard InChI is InChI=1S/C15H21N3O2/c1-19-9-10-20-8-7-18-12-17-11-14(18)15(16)13-5-3-2-4-6-13/h2-6,11-12,15H,7-10,16H2,1H3. The van der Waals surface area contributed by atoms with Gasteiger partial charge in [-0.25, -0.2) is 4.98 Å². The molecule has 0 spiro atoms. The van der Waals surface area contributed by atoms with Crippen LogP contribution in [-0.2, 0) is 16.0 Å². The van der Waals surface area contributed by atoms with Gasteiger partial charge in [-0.05, 0) is 5.56 Å². The summed E-state index contributed by atoms with van der Waals surface area (Å²) >= 11 is 0. The van der Waals surface area contributed by atoms with E-state index in [1.807, 2.05) is 41.1 Å². The Hall–Kier alpha value is -1.69. The molecule has 2 rings (SSSR count). The van der Waals surface area contributed by atoms with Crippen LogP contribution in [0.3, 0.4) is 0 Å². The van der Waals surface area contributed by atoms with Gasteiger partial charge in [0.15, 0.2) is 0 Å². The van der Waals surface area contributed by atoms with Gasteiger partial charge in [-0.2, -0.15) is 0 Å². The molecule has 1 unspecified atom stereocenters. The summed E-state index contributed by atoms with van der Waals surface area (Å²) in [5.41, 5.74) is 8.36. The van der Waals surface area contributed by atoms with Crippen LogP contribution < -0.4 is 5.73 Å². The zero-order chi connectivity index (χ0) is 14.2. The molecular formula is C15H21N3O2. The van der Waals surface area contributed by atoms with E-state index in [1.54, 1.807) is 13.4 Å². The zero-order valence-corrected chi connectivity index (χ0v) is 11.7. The number of ether oxygens (including phenoxy) is 2. The van der Waals surface area contributed by atoms with Crippen LogP contribution in [0.2, 0.25) is 0 Å². The van der Waals surface area contributed by atoms with Crippen LogP contribution in [0.1, 0.15) is 17.3 Å². The molecule has 0 saturated heterocycles. The second-order valence-electron chi connectivity index (χ2n) is 4.51. The average Bonchev–Trinajstić information content (AvgIpc) is 2.95. The highest BCUT2D eigenvalue weighted by Crippen LogP contribution is 2.18. The van der Waals surface area contributed by atoms with E-state index in [2.05, 4.69) is 4.98 Å². The van der Waals surface area contributed by atoms with Crippen molar-refractivity contribution in [2.24, 2.45) is 5.73 Å². The second-order valence-corrected chi connectivity index (χ2v) is 4.51. The van der Waals surface area contributed by atoms with Crippen molar-refractivity contribution in [3.63, 3.8) is 0 Å². The molecule has 108 valence electrons. The van der Waals surface area contributed by atoms with Gasteiger partial charge in [-0.1, -0.05) is 30.3 Å². The highest BCUT2D eigenvalue weighted by Gasteiger charge is 2.13. The van der Waals surface area contributed by atoms with Crippen molar-refractivity contribution in [3.8, 4) is 0 Å². The summed E-state index contributed by atoms with van der Waals surface area (Å²) in [5, 5.41) is 0. The number of nitrogens with two attached hydrogens (primary N) is 1. The summed E-state index contributed by atoms with van der Waals surface area (Å²) in [4.78, 5) is 4.19. The molecule has 20 heavy (non-hydrogen) atoms.